The van der Waals surface area contributed by atoms with Crippen molar-refractivity contribution in [3.63, 3.8) is 0 Å². The summed E-state index contributed by atoms with van der Waals surface area (Å²) >= 11 is 0. The maximum absolute atomic E-state index is 13.7. The molecule has 0 aromatic heterocycles. The minimum absolute atomic E-state index is 0.0101. The molecule has 0 unspecified atom stereocenters. The Bertz CT molecular complexity index is 1340. The summed E-state index contributed by atoms with van der Waals surface area (Å²) in [4.78, 5) is 101. The number of nitrogens with zero attached hydrogens (tertiary/aromatic N) is 1. The van der Waals surface area contributed by atoms with Gasteiger partial charge >= 0.3 is 11.9 Å². The van der Waals surface area contributed by atoms with Crippen molar-refractivity contribution in [1.29, 1.82) is 0 Å². The summed E-state index contributed by atoms with van der Waals surface area (Å²) in [6.07, 6.45) is -0.548. The second kappa shape index (κ2) is 17.6. The highest BCUT2D eigenvalue weighted by Crippen LogP contribution is 2.19. The second-order valence-corrected chi connectivity index (χ2v) is 11.7. The summed E-state index contributed by atoms with van der Waals surface area (Å²) in [5.41, 5.74) is 11.7. The Balaban J connectivity index is 2.28. The maximum atomic E-state index is 13.7. The molecular formula is C30H43N7O10. The first-order valence-electron chi connectivity index (χ1n) is 15.1. The molecule has 2 rings (SSSR count). The lowest BCUT2D eigenvalue weighted by Crippen LogP contribution is -2.60. The highest BCUT2D eigenvalue weighted by atomic mass is 16.4. The van der Waals surface area contributed by atoms with Crippen LogP contribution < -0.4 is 32.7 Å². The molecule has 6 atom stereocenters. The van der Waals surface area contributed by atoms with E-state index in [1.807, 2.05) is 0 Å². The smallest absolute Gasteiger partial charge is 0.325 e. The highest BCUT2D eigenvalue weighted by molar-refractivity contribution is 5.97. The number of rotatable bonds is 17. The number of carbonyl (C=O) groups excluding carboxylic acids is 6. The zero-order valence-corrected chi connectivity index (χ0v) is 26.4. The van der Waals surface area contributed by atoms with Gasteiger partial charge in [0.25, 0.3) is 0 Å². The van der Waals surface area contributed by atoms with Crippen LogP contribution in [0.3, 0.4) is 0 Å². The van der Waals surface area contributed by atoms with Gasteiger partial charge in [0.1, 0.15) is 30.2 Å². The Morgan fingerprint density at radius 3 is 2.02 bits per heavy atom. The second-order valence-electron chi connectivity index (χ2n) is 11.7. The lowest BCUT2D eigenvalue weighted by Gasteiger charge is -2.29. The Labute approximate surface area is 271 Å². The molecule has 1 aromatic carbocycles. The summed E-state index contributed by atoms with van der Waals surface area (Å²) in [5, 5.41) is 28.0. The van der Waals surface area contributed by atoms with Crippen molar-refractivity contribution in [3.05, 3.63) is 35.9 Å². The zero-order valence-electron chi connectivity index (χ0n) is 26.4. The molecule has 17 heteroatoms. The van der Waals surface area contributed by atoms with E-state index in [0.717, 1.165) is 6.92 Å². The number of hydrogen-bond donors (Lipinski definition) is 8. The lowest BCUT2D eigenvalue weighted by atomic mass is 10.00. The highest BCUT2D eigenvalue weighted by Gasteiger charge is 2.39. The number of carbonyl (C=O) groups is 8. The molecule has 1 aliphatic heterocycles. The minimum Gasteiger partial charge on any atom is -0.481 e. The number of amides is 6. The Morgan fingerprint density at radius 1 is 0.851 bits per heavy atom. The van der Waals surface area contributed by atoms with Gasteiger partial charge in [-0.15, -0.1) is 0 Å². The van der Waals surface area contributed by atoms with Crippen LogP contribution in [0.2, 0.25) is 0 Å². The molecule has 1 heterocycles. The van der Waals surface area contributed by atoms with Crippen molar-refractivity contribution in [2.45, 2.75) is 89.1 Å². The van der Waals surface area contributed by atoms with Crippen molar-refractivity contribution < 1.29 is 48.6 Å². The average Bonchev–Trinajstić information content (AvgIpc) is 3.48. The quantitative estimate of drug-likeness (QED) is 0.0871. The third-order valence-corrected chi connectivity index (χ3v) is 7.48. The van der Waals surface area contributed by atoms with Crippen LogP contribution in [0.4, 0.5) is 0 Å². The van der Waals surface area contributed by atoms with Crippen LogP contribution in [-0.2, 0) is 44.8 Å². The number of likely N-dealkylation sites (tertiary alicyclic amines) is 1. The Kier molecular flexibility index (Phi) is 14.3. The summed E-state index contributed by atoms with van der Waals surface area (Å²) in [6, 6.07) is 0.847. The molecule has 1 aliphatic rings. The van der Waals surface area contributed by atoms with E-state index in [4.69, 9.17) is 16.6 Å². The molecule has 47 heavy (non-hydrogen) atoms. The summed E-state index contributed by atoms with van der Waals surface area (Å²) in [6.45, 7) is 4.54. The summed E-state index contributed by atoms with van der Waals surface area (Å²) < 4.78 is 0. The monoisotopic (exact) mass is 661 g/mol. The molecule has 0 aliphatic carbocycles. The fourth-order valence-electron chi connectivity index (χ4n) is 4.96. The molecule has 17 nitrogen and oxygen atoms in total. The molecule has 0 spiro atoms. The van der Waals surface area contributed by atoms with Crippen molar-refractivity contribution in [2.75, 3.05) is 6.54 Å². The topological polar surface area (TPSA) is 280 Å². The van der Waals surface area contributed by atoms with Gasteiger partial charge in [-0.05, 0) is 31.2 Å². The summed E-state index contributed by atoms with van der Waals surface area (Å²) in [5.74, 6) is -8.24. The molecule has 258 valence electrons. The molecule has 0 saturated carbocycles. The van der Waals surface area contributed by atoms with Crippen molar-refractivity contribution in [3.8, 4) is 0 Å². The van der Waals surface area contributed by atoms with Crippen LogP contribution in [0.5, 0.6) is 0 Å². The van der Waals surface area contributed by atoms with Crippen molar-refractivity contribution in [1.82, 2.24) is 26.2 Å². The van der Waals surface area contributed by atoms with Gasteiger partial charge in [-0.3, -0.25) is 38.4 Å². The Morgan fingerprint density at radius 2 is 1.47 bits per heavy atom. The first-order chi connectivity index (χ1) is 22.0. The van der Waals surface area contributed by atoms with Crippen LogP contribution >= 0.6 is 0 Å². The molecule has 6 amide bonds. The van der Waals surface area contributed by atoms with Gasteiger partial charge in [-0.25, -0.2) is 0 Å². The normalized spacial score (nSPS) is 17.4. The van der Waals surface area contributed by atoms with E-state index in [1.165, 1.54) is 4.90 Å². The summed E-state index contributed by atoms with van der Waals surface area (Å²) in [7, 11) is 0. The minimum atomic E-state index is -1.66. The van der Waals surface area contributed by atoms with Crippen molar-refractivity contribution in [2.24, 2.45) is 17.4 Å². The molecular weight excluding hydrogens is 618 g/mol. The largest absolute Gasteiger partial charge is 0.481 e. The van der Waals surface area contributed by atoms with Crippen LogP contribution in [0.1, 0.15) is 52.0 Å². The average molecular weight is 662 g/mol. The lowest BCUT2D eigenvalue weighted by molar-refractivity contribution is -0.143. The van der Waals surface area contributed by atoms with E-state index in [9.17, 15) is 43.5 Å². The molecule has 1 saturated heterocycles. The molecule has 1 fully saturated rings. The molecule has 0 radical (unpaired) electrons. The van der Waals surface area contributed by atoms with Gasteiger partial charge in [-0.1, -0.05) is 44.2 Å². The number of primary amides is 1. The van der Waals surface area contributed by atoms with Crippen LogP contribution in [0, 0.1) is 5.92 Å². The predicted octanol–water partition coefficient (Wildman–Crippen LogP) is -2.40. The fraction of sp³-hybridized carbons (Fsp3) is 0.533. The van der Waals surface area contributed by atoms with Gasteiger partial charge in [0, 0.05) is 13.0 Å². The third-order valence-electron chi connectivity index (χ3n) is 7.48. The van der Waals surface area contributed by atoms with Gasteiger partial charge in [-0.2, -0.15) is 0 Å². The first-order valence-corrected chi connectivity index (χ1v) is 15.1. The van der Waals surface area contributed by atoms with E-state index in [2.05, 4.69) is 21.3 Å². The molecule has 10 N–H and O–H groups in total. The number of carboxylic acids is 2. The number of hydrogen-bond acceptors (Lipinski definition) is 9. The van der Waals surface area contributed by atoms with Crippen LogP contribution in [0.15, 0.2) is 30.3 Å². The van der Waals surface area contributed by atoms with E-state index in [0.29, 0.717) is 12.0 Å². The number of nitrogens with one attached hydrogen (secondary N) is 4. The number of nitrogens with two attached hydrogens (primary N) is 2. The van der Waals surface area contributed by atoms with Gasteiger partial charge in [0.05, 0.1) is 18.9 Å². The van der Waals surface area contributed by atoms with Crippen molar-refractivity contribution >= 4 is 47.4 Å². The third kappa shape index (κ3) is 11.7. The predicted molar refractivity (Wildman–Crippen MR) is 165 cm³/mol. The fourth-order valence-corrected chi connectivity index (χ4v) is 4.96. The number of aliphatic carboxylic acids is 2. The number of carboxylic acid groups (broad SMARTS) is 2. The van der Waals surface area contributed by atoms with E-state index >= 15 is 0 Å². The molecule has 1 aromatic rings. The maximum Gasteiger partial charge on any atom is 0.325 e. The van der Waals surface area contributed by atoms with E-state index < -0.39 is 102 Å². The van der Waals surface area contributed by atoms with Gasteiger partial charge in [0.15, 0.2) is 0 Å². The van der Waals surface area contributed by atoms with Crippen LogP contribution in [0.25, 0.3) is 0 Å². The van der Waals surface area contributed by atoms with Gasteiger partial charge in [0.2, 0.25) is 35.4 Å². The number of benzene rings is 1. The van der Waals surface area contributed by atoms with E-state index in [1.54, 1.807) is 44.2 Å². The zero-order chi connectivity index (χ0) is 35.4. The van der Waals surface area contributed by atoms with Crippen LogP contribution in [-0.4, -0.2) is 105 Å². The Hall–Kier alpha value is -5.06. The van der Waals surface area contributed by atoms with E-state index in [-0.39, 0.29) is 19.4 Å². The SMILES string of the molecule is CC(C)[C@H](NC(=O)[C@H](Cc1ccccc1)NC(=O)[C@@H]1CCCN1C(=O)[C@@H](N)CC(N)=O)C(=O)N[C@@H](CC(=O)O)C(=O)N[C@@H](C)C(=O)O. The molecule has 0 bridgehead atoms. The first kappa shape index (κ1) is 38.1. The standard InChI is InChI=1S/C30H43N7O10/c1-15(2)24(28(44)35-20(14-23(39)40)25(41)33-16(3)30(46)47)36-26(42)19(12-17-8-5-4-6-9-17)34-27(43)21-10-7-11-37(21)29(45)18(31)13-22(32)38/h4-6,8-9,15-16,18-21,24H,7,10-14,31H2,1-3H3,(H2,32,38)(H,33,41)(H,34,43)(H,35,44)(H,36,42)(H,39,40)(H,46,47)/t16-,18-,19-,20-,21-,24-/m0/s1. The van der Waals surface area contributed by atoms with Gasteiger partial charge < -0.3 is 47.8 Å².